The SMILES string of the molecule is CC(=O)OCCCCCCC/C=C\CCCCCCCCC(CCCCCCCC/C=C\CCCCCCCOC(C)=O)OC(=O)CC(C)C. The minimum Gasteiger partial charge on any atom is -0.466 e. The second kappa shape index (κ2) is 38.1. The van der Waals surface area contributed by atoms with E-state index in [2.05, 4.69) is 38.2 Å². The summed E-state index contributed by atoms with van der Waals surface area (Å²) >= 11 is 0. The van der Waals surface area contributed by atoms with Gasteiger partial charge in [0.1, 0.15) is 6.10 Å². The maximum absolute atomic E-state index is 12.4. The first-order valence-electron chi connectivity index (χ1n) is 21.1. The van der Waals surface area contributed by atoms with Crippen LogP contribution in [0.25, 0.3) is 0 Å². The molecule has 0 saturated carbocycles. The second-order valence-electron chi connectivity index (χ2n) is 14.8. The highest BCUT2D eigenvalue weighted by molar-refractivity contribution is 5.69. The molecule has 0 fully saturated rings. The maximum atomic E-state index is 12.4. The van der Waals surface area contributed by atoms with E-state index in [0.717, 1.165) is 51.4 Å². The van der Waals surface area contributed by atoms with Gasteiger partial charge in [-0.2, -0.15) is 0 Å². The van der Waals surface area contributed by atoms with Gasteiger partial charge in [0.15, 0.2) is 0 Å². The zero-order valence-corrected chi connectivity index (χ0v) is 33.3. The third kappa shape index (κ3) is 40.3. The third-order valence-corrected chi connectivity index (χ3v) is 9.14. The molecule has 0 N–H and O–H groups in total. The van der Waals surface area contributed by atoms with Gasteiger partial charge in [0.05, 0.1) is 13.2 Å². The van der Waals surface area contributed by atoms with Crippen LogP contribution in [0.5, 0.6) is 0 Å². The van der Waals surface area contributed by atoms with Crippen LogP contribution in [0.2, 0.25) is 0 Å². The van der Waals surface area contributed by atoms with E-state index < -0.39 is 0 Å². The molecule has 0 saturated heterocycles. The molecule has 0 heterocycles. The van der Waals surface area contributed by atoms with Crippen LogP contribution in [0.15, 0.2) is 24.3 Å². The molecule has 6 heteroatoms. The van der Waals surface area contributed by atoms with Crippen molar-refractivity contribution in [1.82, 2.24) is 0 Å². The Morgan fingerprint density at radius 3 is 1.06 bits per heavy atom. The summed E-state index contributed by atoms with van der Waals surface area (Å²) in [6, 6.07) is 0. The lowest BCUT2D eigenvalue weighted by Gasteiger charge is -2.19. The van der Waals surface area contributed by atoms with Crippen LogP contribution < -0.4 is 0 Å². The molecule has 0 aromatic carbocycles. The van der Waals surface area contributed by atoms with Gasteiger partial charge in [-0.05, 0) is 95.8 Å². The zero-order chi connectivity index (χ0) is 36.8. The lowest BCUT2D eigenvalue weighted by Crippen LogP contribution is -2.19. The number of rotatable bonds is 37. The van der Waals surface area contributed by atoms with Crippen molar-refractivity contribution >= 4 is 17.9 Å². The Morgan fingerprint density at radius 1 is 0.440 bits per heavy atom. The third-order valence-electron chi connectivity index (χ3n) is 9.14. The molecule has 0 aliphatic rings. The summed E-state index contributed by atoms with van der Waals surface area (Å²) in [5.74, 6) is -0.0203. The topological polar surface area (TPSA) is 78.9 Å². The average molecular weight is 705 g/mol. The lowest BCUT2D eigenvalue weighted by molar-refractivity contribution is -0.150. The molecule has 0 radical (unpaired) electrons. The lowest BCUT2D eigenvalue weighted by atomic mass is 10.0. The first-order valence-corrected chi connectivity index (χ1v) is 21.1. The van der Waals surface area contributed by atoms with Gasteiger partial charge in [0.2, 0.25) is 0 Å². The molecule has 0 atom stereocenters. The number of hydrogen-bond donors (Lipinski definition) is 0. The van der Waals surface area contributed by atoms with Gasteiger partial charge < -0.3 is 14.2 Å². The molecular formula is C44H80O6. The zero-order valence-electron chi connectivity index (χ0n) is 33.3. The maximum Gasteiger partial charge on any atom is 0.306 e. The fourth-order valence-corrected chi connectivity index (χ4v) is 6.20. The standard InChI is InChI=1S/C44H80O6/c1-40(2)39-44(47)50-43(35-31-27-23-19-15-11-7-5-9-13-17-21-25-29-33-37-48-41(3)45)36-32-28-24-20-16-12-8-6-10-14-18-22-26-30-34-38-49-42(4)46/h5-6,9-10,40,43H,7-8,11-39H2,1-4H3/b9-5-,10-6-. The number of carbonyl (C=O) groups excluding carboxylic acids is 3. The van der Waals surface area contributed by atoms with E-state index in [1.165, 1.54) is 142 Å². The Bertz CT molecular complexity index is 776. The van der Waals surface area contributed by atoms with Crippen molar-refractivity contribution in [3.63, 3.8) is 0 Å². The second-order valence-corrected chi connectivity index (χ2v) is 14.8. The molecule has 0 amide bonds. The van der Waals surface area contributed by atoms with E-state index >= 15 is 0 Å². The molecule has 0 aliphatic heterocycles. The average Bonchev–Trinajstić information content (AvgIpc) is 3.06. The van der Waals surface area contributed by atoms with Crippen molar-refractivity contribution in [2.24, 2.45) is 5.92 Å². The van der Waals surface area contributed by atoms with Gasteiger partial charge in [-0.3, -0.25) is 14.4 Å². The number of allylic oxidation sites excluding steroid dienone is 4. The molecule has 50 heavy (non-hydrogen) atoms. The number of ether oxygens (including phenoxy) is 3. The fourth-order valence-electron chi connectivity index (χ4n) is 6.20. The van der Waals surface area contributed by atoms with Gasteiger partial charge in [-0.15, -0.1) is 0 Å². The summed E-state index contributed by atoms with van der Waals surface area (Å²) in [4.78, 5) is 33.9. The van der Waals surface area contributed by atoms with E-state index in [4.69, 9.17) is 14.2 Å². The van der Waals surface area contributed by atoms with E-state index in [-0.39, 0.29) is 24.0 Å². The molecule has 0 aliphatic carbocycles. The van der Waals surface area contributed by atoms with Gasteiger partial charge in [-0.25, -0.2) is 0 Å². The number of esters is 3. The normalized spacial score (nSPS) is 11.7. The van der Waals surface area contributed by atoms with E-state index in [1.54, 1.807) is 0 Å². The molecule has 6 nitrogen and oxygen atoms in total. The molecule has 0 spiro atoms. The Hall–Kier alpha value is -2.11. The Kier molecular flexibility index (Phi) is 36.5. The molecule has 0 aromatic rings. The van der Waals surface area contributed by atoms with Crippen LogP contribution in [-0.4, -0.2) is 37.2 Å². The molecule has 0 rings (SSSR count). The molecule has 0 aromatic heterocycles. The van der Waals surface area contributed by atoms with Crippen LogP contribution >= 0.6 is 0 Å². The van der Waals surface area contributed by atoms with E-state index in [9.17, 15) is 14.4 Å². The summed E-state index contributed by atoms with van der Waals surface area (Å²) in [6.07, 6.45) is 43.7. The predicted octanol–water partition coefficient (Wildman–Crippen LogP) is 13.1. The number of hydrogen-bond acceptors (Lipinski definition) is 6. The van der Waals surface area contributed by atoms with Crippen molar-refractivity contribution in [2.75, 3.05) is 13.2 Å². The summed E-state index contributed by atoms with van der Waals surface area (Å²) in [6.45, 7) is 8.24. The highest BCUT2D eigenvalue weighted by Gasteiger charge is 2.15. The largest absolute Gasteiger partial charge is 0.466 e. The highest BCUT2D eigenvalue weighted by atomic mass is 16.5. The minimum absolute atomic E-state index is 0.0152. The van der Waals surface area contributed by atoms with Crippen molar-refractivity contribution in [3.05, 3.63) is 24.3 Å². The summed E-state index contributed by atoms with van der Waals surface area (Å²) in [5, 5.41) is 0. The van der Waals surface area contributed by atoms with Crippen molar-refractivity contribution < 1.29 is 28.6 Å². The van der Waals surface area contributed by atoms with Crippen molar-refractivity contribution in [2.45, 2.75) is 220 Å². The van der Waals surface area contributed by atoms with Crippen LogP contribution in [-0.2, 0) is 28.6 Å². The Morgan fingerprint density at radius 2 is 0.740 bits per heavy atom. The molecular weight excluding hydrogens is 624 g/mol. The predicted molar refractivity (Wildman–Crippen MR) is 210 cm³/mol. The summed E-state index contributed by atoms with van der Waals surface area (Å²) in [5.41, 5.74) is 0. The van der Waals surface area contributed by atoms with Gasteiger partial charge in [0.25, 0.3) is 0 Å². The van der Waals surface area contributed by atoms with Crippen molar-refractivity contribution in [3.8, 4) is 0 Å². The monoisotopic (exact) mass is 705 g/mol. The fraction of sp³-hybridized carbons (Fsp3) is 0.841. The summed E-state index contributed by atoms with van der Waals surface area (Å²) in [7, 11) is 0. The van der Waals surface area contributed by atoms with Crippen LogP contribution in [0.4, 0.5) is 0 Å². The van der Waals surface area contributed by atoms with Gasteiger partial charge in [0, 0.05) is 20.3 Å². The smallest absolute Gasteiger partial charge is 0.306 e. The quantitative estimate of drug-likeness (QED) is 0.0277. The Balaban J connectivity index is 3.80. The molecule has 292 valence electrons. The van der Waals surface area contributed by atoms with Crippen LogP contribution in [0.3, 0.4) is 0 Å². The van der Waals surface area contributed by atoms with Crippen LogP contribution in [0.1, 0.15) is 214 Å². The van der Waals surface area contributed by atoms with Crippen molar-refractivity contribution in [1.29, 1.82) is 0 Å². The molecule has 0 bridgehead atoms. The number of carbonyl (C=O) groups is 3. The first-order chi connectivity index (χ1) is 24.3. The first kappa shape index (κ1) is 47.9. The highest BCUT2D eigenvalue weighted by Crippen LogP contribution is 2.19. The van der Waals surface area contributed by atoms with Crippen LogP contribution in [0, 0.1) is 5.92 Å². The van der Waals surface area contributed by atoms with Gasteiger partial charge >= 0.3 is 17.9 Å². The minimum atomic E-state index is -0.176. The molecule has 0 unspecified atom stereocenters. The number of unbranched alkanes of at least 4 members (excludes halogenated alkanes) is 22. The Labute approximate surface area is 309 Å². The van der Waals surface area contributed by atoms with E-state index in [1.807, 2.05) is 0 Å². The van der Waals surface area contributed by atoms with E-state index in [0.29, 0.717) is 25.6 Å². The van der Waals surface area contributed by atoms with Gasteiger partial charge in [-0.1, -0.05) is 128 Å². The summed E-state index contributed by atoms with van der Waals surface area (Å²) < 4.78 is 15.9.